The number of aromatic amines is 2. The fourth-order valence-corrected chi connectivity index (χ4v) is 3.42. The van der Waals surface area contributed by atoms with Crippen molar-refractivity contribution in [1.29, 1.82) is 0 Å². The van der Waals surface area contributed by atoms with Crippen LogP contribution < -0.4 is 5.69 Å². The van der Waals surface area contributed by atoms with Crippen molar-refractivity contribution in [3.8, 4) is 0 Å². The lowest BCUT2D eigenvalue weighted by Crippen LogP contribution is -2.35. The van der Waals surface area contributed by atoms with Crippen LogP contribution >= 0.6 is 0 Å². The van der Waals surface area contributed by atoms with Gasteiger partial charge < -0.3 is 0 Å². The van der Waals surface area contributed by atoms with Crippen molar-refractivity contribution in [2.75, 3.05) is 13.1 Å². The van der Waals surface area contributed by atoms with E-state index in [1.807, 2.05) is 6.92 Å². The smallest absolute Gasteiger partial charge is 0.297 e. The Labute approximate surface area is 142 Å². The third-order valence-electron chi connectivity index (χ3n) is 4.77. The average Bonchev–Trinajstić information content (AvgIpc) is 3.13. The molecule has 3 rings (SSSR count). The summed E-state index contributed by atoms with van der Waals surface area (Å²) in [7, 11) is 0. The van der Waals surface area contributed by atoms with Gasteiger partial charge in [-0.05, 0) is 32.4 Å². The van der Waals surface area contributed by atoms with Gasteiger partial charge in [0.1, 0.15) is 5.82 Å². The van der Waals surface area contributed by atoms with E-state index < -0.39 is 0 Å². The first-order valence-electron chi connectivity index (χ1n) is 8.80. The van der Waals surface area contributed by atoms with Gasteiger partial charge in [0.25, 0.3) is 0 Å². The number of aromatic nitrogens is 5. The van der Waals surface area contributed by atoms with Crippen molar-refractivity contribution in [3.05, 3.63) is 33.8 Å². The molecular formula is C17H28N6O. The number of likely N-dealkylation sites (tertiary alicyclic amines) is 1. The van der Waals surface area contributed by atoms with Crippen molar-refractivity contribution >= 4 is 0 Å². The van der Waals surface area contributed by atoms with Gasteiger partial charge in [-0.2, -0.15) is 10.2 Å². The van der Waals surface area contributed by atoms with Crippen molar-refractivity contribution in [1.82, 2.24) is 29.9 Å². The molecule has 0 spiro atoms. The Morgan fingerprint density at radius 3 is 2.75 bits per heavy atom. The predicted octanol–water partition coefficient (Wildman–Crippen LogP) is 1.99. The zero-order valence-electron chi connectivity index (χ0n) is 15.1. The normalized spacial score (nSPS) is 19.8. The van der Waals surface area contributed by atoms with Crippen LogP contribution in [0, 0.1) is 0 Å². The molecule has 2 aromatic heterocycles. The Balaban J connectivity index is 1.70. The third kappa shape index (κ3) is 3.45. The summed E-state index contributed by atoms with van der Waals surface area (Å²) in [5.41, 5.74) is 2.20. The Morgan fingerprint density at radius 2 is 2.08 bits per heavy atom. The van der Waals surface area contributed by atoms with E-state index in [1.54, 1.807) is 4.57 Å². The Kier molecular flexibility index (Phi) is 4.62. The topological polar surface area (TPSA) is 82.6 Å². The molecule has 0 aromatic carbocycles. The van der Waals surface area contributed by atoms with Crippen LogP contribution in [-0.2, 0) is 18.5 Å². The molecule has 0 radical (unpaired) electrons. The molecule has 1 saturated heterocycles. The maximum Gasteiger partial charge on any atom is 0.343 e. The molecule has 0 bridgehead atoms. The highest BCUT2D eigenvalue weighted by molar-refractivity contribution is 5.16. The van der Waals surface area contributed by atoms with Crippen molar-refractivity contribution in [3.63, 3.8) is 0 Å². The van der Waals surface area contributed by atoms with Crippen LogP contribution in [-0.4, -0.2) is 43.0 Å². The first kappa shape index (κ1) is 17.0. The van der Waals surface area contributed by atoms with E-state index in [-0.39, 0.29) is 11.1 Å². The molecule has 0 saturated carbocycles. The number of hydrogen-bond donors (Lipinski definition) is 2. The standard InChI is InChI=1S/C17H28N6O/c1-5-23-15(20-21-16(23)24)12-7-6-8-22(10-12)11-13-9-14(19-18-13)17(2,3)4/h9,12H,5-8,10-11H2,1-4H3,(H,18,19)(H,21,24)/t12-/m1/s1. The number of hydrogen-bond acceptors (Lipinski definition) is 4. The summed E-state index contributed by atoms with van der Waals surface area (Å²) in [4.78, 5) is 14.2. The van der Waals surface area contributed by atoms with E-state index >= 15 is 0 Å². The number of H-pyrrole nitrogens is 2. The van der Waals surface area contributed by atoms with Gasteiger partial charge in [-0.3, -0.25) is 14.6 Å². The van der Waals surface area contributed by atoms with Crippen LogP contribution in [0.15, 0.2) is 10.9 Å². The summed E-state index contributed by atoms with van der Waals surface area (Å²) >= 11 is 0. The molecule has 7 nitrogen and oxygen atoms in total. The van der Waals surface area contributed by atoms with Gasteiger partial charge in [-0.15, -0.1) is 0 Å². The first-order chi connectivity index (χ1) is 11.4. The van der Waals surface area contributed by atoms with Gasteiger partial charge in [0.2, 0.25) is 0 Å². The minimum absolute atomic E-state index is 0.0609. The van der Waals surface area contributed by atoms with E-state index in [4.69, 9.17) is 0 Å². The van der Waals surface area contributed by atoms with Crippen LogP contribution in [0.5, 0.6) is 0 Å². The second-order valence-electron chi connectivity index (χ2n) is 7.73. The number of rotatable bonds is 4. The molecule has 24 heavy (non-hydrogen) atoms. The lowest BCUT2D eigenvalue weighted by Gasteiger charge is -2.31. The molecular weight excluding hydrogens is 304 g/mol. The number of nitrogens with zero attached hydrogens (tertiary/aromatic N) is 4. The second kappa shape index (κ2) is 6.55. The number of piperidine rings is 1. The van der Waals surface area contributed by atoms with Crippen LogP contribution in [0.25, 0.3) is 0 Å². The van der Waals surface area contributed by atoms with E-state index in [0.717, 1.165) is 49.7 Å². The quantitative estimate of drug-likeness (QED) is 0.897. The van der Waals surface area contributed by atoms with E-state index in [0.29, 0.717) is 12.5 Å². The summed E-state index contributed by atoms with van der Waals surface area (Å²) in [5, 5.41) is 14.5. The lowest BCUT2D eigenvalue weighted by atomic mass is 9.92. The predicted molar refractivity (Wildman–Crippen MR) is 93.1 cm³/mol. The Bertz CT molecular complexity index is 735. The van der Waals surface area contributed by atoms with E-state index in [1.165, 1.54) is 0 Å². The van der Waals surface area contributed by atoms with Gasteiger partial charge in [0, 0.05) is 36.7 Å². The first-order valence-corrected chi connectivity index (χ1v) is 8.80. The lowest BCUT2D eigenvalue weighted by molar-refractivity contribution is 0.192. The third-order valence-corrected chi connectivity index (χ3v) is 4.77. The molecule has 0 aliphatic carbocycles. The maximum absolute atomic E-state index is 11.8. The molecule has 0 unspecified atom stereocenters. The fraction of sp³-hybridized carbons (Fsp3) is 0.706. The highest BCUT2D eigenvalue weighted by Crippen LogP contribution is 2.26. The second-order valence-corrected chi connectivity index (χ2v) is 7.73. The van der Waals surface area contributed by atoms with Gasteiger partial charge >= 0.3 is 5.69 Å². The molecule has 132 valence electrons. The maximum atomic E-state index is 11.8. The molecule has 2 N–H and O–H groups in total. The summed E-state index contributed by atoms with van der Waals surface area (Å²) in [6.45, 7) is 12.0. The summed E-state index contributed by atoms with van der Waals surface area (Å²) < 4.78 is 1.75. The zero-order chi connectivity index (χ0) is 17.3. The fourth-order valence-electron chi connectivity index (χ4n) is 3.42. The van der Waals surface area contributed by atoms with E-state index in [9.17, 15) is 4.79 Å². The van der Waals surface area contributed by atoms with Gasteiger partial charge in [-0.25, -0.2) is 9.89 Å². The monoisotopic (exact) mass is 332 g/mol. The highest BCUT2D eigenvalue weighted by Gasteiger charge is 2.26. The number of nitrogens with one attached hydrogen (secondary N) is 2. The van der Waals surface area contributed by atoms with Crippen molar-refractivity contribution in [2.24, 2.45) is 0 Å². The molecule has 0 amide bonds. The van der Waals surface area contributed by atoms with Crippen molar-refractivity contribution < 1.29 is 0 Å². The van der Waals surface area contributed by atoms with Gasteiger partial charge in [0.05, 0.1) is 5.69 Å². The van der Waals surface area contributed by atoms with Crippen LogP contribution in [0.2, 0.25) is 0 Å². The molecule has 1 fully saturated rings. The Morgan fingerprint density at radius 1 is 1.29 bits per heavy atom. The molecule has 1 aliphatic heterocycles. The van der Waals surface area contributed by atoms with Gasteiger partial charge in [0.15, 0.2) is 0 Å². The summed E-state index contributed by atoms with van der Waals surface area (Å²) in [6.07, 6.45) is 2.20. The molecule has 7 heteroatoms. The molecule has 3 heterocycles. The Hall–Kier alpha value is -1.89. The average molecular weight is 332 g/mol. The summed E-state index contributed by atoms with van der Waals surface area (Å²) in [6, 6.07) is 2.17. The van der Waals surface area contributed by atoms with Gasteiger partial charge in [-0.1, -0.05) is 20.8 Å². The largest absolute Gasteiger partial charge is 0.343 e. The minimum atomic E-state index is -0.104. The van der Waals surface area contributed by atoms with Crippen LogP contribution in [0.1, 0.15) is 63.7 Å². The zero-order valence-corrected chi connectivity index (χ0v) is 15.1. The minimum Gasteiger partial charge on any atom is -0.297 e. The molecule has 1 aliphatic rings. The summed E-state index contributed by atoms with van der Waals surface area (Å²) in [5.74, 6) is 1.20. The van der Waals surface area contributed by atoms with Crippen LogP contribution in [0.4, 0.5) is 0 Å². The molecule has 2 aromatic rings. The highest BCUT2D eigenvalue weighted by atomic mass is 16.1. The van der Waals surface area contributed by atoms with E-state index in [2.05, 4.69) is 52.1 Å². The SMILES string of the molecule is CCn1c([C@@H]2CCCN(Cc3cc(C(C)(C)C)n[nH]3)C2)n[nH]c1=O. The molecule has 1 atom stereocenters. The van der Waals surface area contributed by atoms with Crippen LogP contribution in [0.3, 0.4) is 0 Å². The van der Waals surface area contributed by atoms with Crippen molar-refractivity contribution in [2.45, 2.75) is 65.0 Å².